The molecular formula is C21H21ClN2O2S. The summed E-state index contributed by atoms with van der Waals surface area (Å²) < 4.78 is 8.21. The molecule has 0 saturated carbocycles. The van der Waals surface area contributed by atoms with Crippen LogP contribution in [0.3, 0.4) is 0 Å². The molecule has 6 heteroatoms. The highest BCUT2D eigenvalue weighted by molar-refractivity contribution is 7.16. The fourth-order valence-electron chi connectivity index (χ4n) is 3.58. The van der Waals surface area contributed by atoms with Crippen LogP contribution in [0.25, 0.3) is 10.2 Å². The average Bonchev–Trinajstić information content (AvgIpc) is 3.04. The number of aromatic nitrogens is 1. The van der Waals surface area contributed by atoms with Crippen molar-refractivity contribution in [2.24, 2.45) is 4.99 Å². The lowest BCUT2D eigenvalue weighted by Gasteiger charge is -2.15. The van der Waals surface area contributed by atoms with Crippen LogP contribution in [-0.4, -0.2) is 24.2 Å². The molecule has 1 aromatic heterocycles. The van der Waals surface area contributed by atoms with Gasteiger partial charge in [-0.25, -0.2) is 0 Å². The van der Waals surface area contributed by atoms with E-state index < -0.39 is 0 Å². The minimum Gasteiger partial charge on any atom is -0.383 e. The zero-order valence-corrected chi connectivity index (χ0v) is 16.8. The van der Waals surface area contributed by atoms with Crippen molar-refractivity contribution in [3.8, 4) is 0 Å². The first-order valence-electron chi connectivity index (χ1n) is 9.15. The van der Waals surface area contributed by atoms with Gasteiger partial charge in [0.2, 0.25) is 0 Å². The molecule has 0 atom stereocenters. The summed E-state index contributed by atoms with van der Waals surface area (Å²) in [6, 6.07) is 11.8. The number of thiazole rings is 1. The van der Waals surface area contributed by atoms with Gasteiger partial charge < -0.3 is 9.30 Å². The maximum absolute atomic E-state index is 12.9. The molecule has 1 aliphatic rings. The number of fused-ring (bicyclic) bond motifs is 2. The molecule has 1 heterocycles. The third kappa shape index (κ3) is 3.72. The summed E-state index contributed by atoms with van der Waals surface area (Å²) in [5.41, 5.74) is 4.20. The van der Waals surface area contributed by atoms with E-state index in [0.717, 1.165) is 23.1 Å². The predicted molar refractivity (Wildman–Crippen MR) is 110 cm³/mol. The number of rotatable bonds is 4. The molecule has 2 aromatic carbocycles. The van der Waals surface area contributed by atoms with E-state index in [0.29, 0.717) is 28.5 Å². The van der Waals surface area contributed by atoms with E-state index in [1.807, 2.05) is 34.9 Å². The number of nitrogens with zero attached hydrogens (tertiary/aromatic N) is 2. The molecule has 0 saturated heterocycles. The molecule has 27 heavy (non-hydrogen) atoms. The van der Waals surface area contributed by atoms with Gasteiger partial charge in [-0.05, 0) is 61.1 Å². The quantitative estimate of drug-likeness (QED) is 0.641. The van der Waals surface area contributed by atoms with Crippen LogP contribution in [0.15, 0.2) is 41.4 Å². The molecule has 1 aliphatic carbocycles. The number of carbonyl (C=O) groups is 1. The summed E-state index contributed by atoms with van der Waals surface area (Å²) >= 11 is 7.88. The molecule has 0 N–H and O–H groups in total. The number of ether oxygens (including phenoxy) is 1. The van der Waals surface area contributed by atoms with Crippen molar-refractivity contribution in [3.63, 3.8) is 0 Å². The van der Waals surface area contributed by atoms with E-state index in [1.54, 1.807) is 7.11 Å². The van der Waals surface area contributed by atoms with E-state index in [4.69, 9.17) is 16.3 Å². The third-order valence-electron chi connectivity index (χ3n) is 4.96. The van der Waals surface area contributed by atoms with Crippen LogP contribution in [-0.2, 0) is 24.1 Å². The minimum atomic E-state index is -0.211. The fourth-order valence-corrected chi connectivity index (χ4v) is 4.99. The van der Waals surface area contributed by atoms with Crippen molar-refractivity contribution >= 4 is 39.1 Å². The molecule has 0 bridgehead atoms. The second kappa shape index (κ2) is 7.97. The molecule has 0 fully saturated rings. The first-order valence-corrected chi connectivity index (χ1v) is 10.3. The van der Waals surface area contributed by atoms with Gasteiger partial charge >= 0.3 is 0 Å². The van der Waals surface area contributed by atoms with Crippen molar-refractivity contribution < 1.29 is 9.53 Å². The number of benzene rings is 2. The molecular weight excluding hydrogens is 380 g/mol. The second-order valence-corrected chi connectivity index (χ2v) is 8.14. The normalized spacial score (nSPS) is 14.5. The van der Waals surface area contributed by atoms with Gasteiger partial charge in [0.05, 0.1) is 21.8 Å². The Morgan fingerprint density at radius 3 is 2.85 bits per heavy atom. The molecule has 3 aromatic rings. The highest BCUT2D eigenvalue weighted by Crippen LogP contribution is 2.26. The summed E-state index contributed by atoms with van der Waals surface area (Å²) in [4.78, 5) is 17.9. The van der Waals surface area contributed by atoms with E-state index >= 15 is 0 Å². The number of hydrogen-bond acceptors (Lipinski definition) is 3. The standard InChI is InChI=1S/C21H21ClN2O2S/c1-26-12-11-24-19-17(22)7-4-8-18(19)27-21(24)23-20(25)16-10-9-14-5-2-3-6-15(14)13-16/h4,7-10,13H,2-3,5-6,11-12H2,1H3. The molecule has 0 unspecified atom stereocenters. The van der Waals surface area contributed by atoms with E-state index in [-0.39, 0.29) is 5.91 Å². The zero-order valence-electron chi connectivity index (χ0n) is 15.2. The number of aryl methyl sites for hydroxylation is 2. The minimum absolute atomic E-state index is 0.211. The van der Waals surface area contributed by atoms with Crippen LogP contribution in [0.4, 0.5) is 0 Å². The van der Waals surface area contributed by atoms with Gasteiger partial charge in [-0.15, -0.1) is 0 Å². The number of amides is 1. The number of hydrogen-bond donors (Lipinski definition) is 0. The van der Waals surface area contributed by atoms with Crippen molar-refractivity contribution in [2.75, 3.05) is 13.7 Å². The Morgan fingerprint density at radius 2 is 2.04 bits per heavy atom. The van der Waals surface area contributed by atoms with Crippen molar-refractivity contribution in [1.29, 1.82) is 0 Å². The Kier molecular flexibility index (Phi) is 5.43. The van der Waals surface area contributed by atoms with Gasteiger partial charge in [-0.3, -0.25) is 4.79 Å². The molecule has 0 aliphatic heterocycles. The van der Waals surface area contributed by atoms with Crippen LogP contribution < -0.4 is 4.80 Å². The molecule has 1 amide bonds. The van der Waals surface area contributed by atoms with Gasteiger partial charge in [-0.2, -0.15) is 4.99 Å². The van der Waals surface area contributed by atoms with E-state index in [9.17, 15) is 4.79 Å². The number of para-hydroxylation sites is 1. The maximum atomic E-state index is 12.9. The molecule has 4 rings (SSSR count). The summed E-state index contributed by atoms with van der Waals surface area (Å²) in [6.07, 6.45) is 4.57. The second-order valence-electron chi connectivity index (χ2n) is 6.72. The monoisotopic (exact) mass is 400 g/mol. The molecule has 0 radical (unpaired) electrons. The lowest BCUT2D eigenvalue weighted by Crippen LogP contribution is -2.19. The Hall–Kier alpha value is -1.95. The number of methoxy groups -OCH3 is 1. The predicted octanol–water partition coefficient (Wildman–Crippen LogP) is 4.62. The molecule has 140 valence electrons. The third-order valence-corrected chi connectivity index (χ3v) is 6.31. The van der Waals surface area contributed by atoms with Gasteiger partial charge in [-0.1, -0.05) is 35.1 Å². The first kappa shape index (κ1) is 18.4. The largest absolute Gasteiger partial charge is 0.383 e. The van der Waals surface area contributed by atoms with Crippen LogP contribution in [0.2, 0.25) is 5.02 Å². The number of halogens is 1. The highest BCUT2D eigenvalue weighted by atomic mass is 35.5. The van der Waals surface area contributed by atoms with Crippen molar-refractivity contribution in [3.05, 3.63) is 62.9 Å². The summed E-state index contributed by atoms with van der Waals surface area (Å²) in [5, 5.41) is 0.655. The lowest BCUT2D eigenvalue weighted by atomic mass is 9.90. The number of carbonyl (C=O) groups excluding carboxylic acids is 1. The Balaban J connectivity index is 1.77. The van der Waals surface area contributed by atoms with Crippen LogP contribution in [0.1, 0.15) is 34.3 Å². The van der Waals surface area contributed by atoms with Crippen molar-refractivity contribution in [1.82, 2.24) is 4.57 Å². The Labute approximate surface area is 167 Å². The smallest absolute Gasteiger partial charge is 0.279 e. The lowest BCUT2D eigenvalue weighted by molar-refractivity contribution is 0.0997. The summed E-state index contributed by atoms with van der Waals surface area (Å²) in [6.45, 7) is 1.12. The fraction of sp³-hybridized carbons (Fsp3) is 0.333. The van der Waals surface area contributed by atoms with Gasteiger partial charge in [0.1, 0.15) is 0 Å². The highest BCUT2D eigenvalue weighted by Gasteiger charge is 2.14. The van der Waals surface area contributed by atoms with Crippen LogP contribution in [0.5, 0.6) is 0 Å². The van der Waals surface area contributed by atoms with Crippen LogP contribution in [0, 0.1) is 0 Å². The Morgan fingerprint density at radius 1 is 1.22 bits per heavy atom. The maximum Gasteiger partial charge on any atom is 0.279 e. The van der Waals surface area contributed by atoms with E-state index in [1.165, 1.54) is 35.3 Å². The average molecular weight is 401 g/mol. The topological polar surface area (TPSA) is 43.6 Å². The van der Waals surface area contributed by atoms with E-state index in [2.05, 4.69) is 11.1 Å². The SMILES string of the molecule is COCCn1c(=NC(=O)c2ccc3c(c2)CCCC3)sc2cccc(Cl)c21. The Bertz CT molecular complexity index is 1070. The first-order chi connectivity index (χ1) is 13.2. The molecule has 4 nitrogen and oxygen atoms in total. The van der Waals surface area contributed by atoms with Gasteiger partial charge in [0.25, 0.3) is 5.91 Å². The summed E-state index contributed by atoms with van der Waals surface area (Å²) in [5.74, 6) is -0.211. The zero-order chi connectivity index (χ0) is 18.8. The van der Waals surface area contributed by atoms with Crippen molar-refractivity contribution in [2.45, 2.75) is 32.2 Å². The van der Waals surface area contributed by atoms with Gasteiger partial charge in [0, 0.05) is 19.2 Å². The van der Waals surface area contributed by atoms with Crippen LogP contribution >= 0.6 is 22.9 Å². The molecule has 0 spiro atoms. The van der Waals surface area contributed by atoms with Gasteiger partial charge in [0.15, 0.2) is 4.80 Å². The summed E-state index contributed by atoms with van der Waals surface area (Å²) in [7, 11) is 1.66.